The lowest BCUT2D eigenvalue weighted by atomic mass is 9.77. The van der Waals surface area contributed by atoms with Gasteiger partial charge in [-0.25, -0.2) is 0 Å². The van der Waals surface area contributed by atoms with Gasteiger partial charge in [-0.15, -0.1) is 0 Å². The Labute approximate surface area is 349 Å². The Bertz CT molecular complexity index is 2120. The molecule has 1 amide bonds. The molecule has 4 aliphatic rings. The van der Waals surface area contributed by atoms with E-state index in [0.29, 0.717) is 26.2 Å². The number of piperazine rings is 1. The molecule has 1 fully saturated rings. The van der Waals surface area contributed by atoms with Crippen LogP contribution < -0.4 is 10.1 Å². The van der Waals surface area contributed by atoms with Crippen molar-refractivity contribution in [2.45, 2.75) is 91.2 Å². The SMILES string of the molecule is CO[C@H]1/C=C/O[C@@]2(C)Oc3c(C)c(O)c4c(O)c(c(/C=N/N5CCN(C)CC5)c(O)c4c3C2=O)NC(=O)/C(C)=C\C=C\C(C)(O)[C@H](O)[C@@H](C)[C@@H](O)[C@@H](C)[C@H](OC(C)=O)[C@@H]1C. The zero-order valence-electron chi connectivity index (χ0n) is 35.7. The minimum atomic E-state index is -2.07. The number of aromatic hydroxyl groups is 3. The van der Waals surface area contributed by atoms with E-state index in [4.69, 9.17) is 18.9 Å². The van der Waals surface area contributed by atoms with E-state index in [1.807, 2.05) is 7.05 Å². The van der Waals surface area contributed by atoms with Gasteiger partial charge in [0.25, 0.3) is 11.7 Å². The summed E-state index contributed by atoms with van der Waals surface area (Å²) in [5, 5.41) is 78.1. The monoisotopic (exact) mass is 838 g/mol. The highest BCUT2D eigenvalue weighted by Gasteiger charge is 2.50. The molecule has 5 bridgehead atoms. The molecule has 0 saturated carbocycles. The van der Waals surface area contributed by atoms with Crippen molar-refractivity contribution >= 4 is 40.3 Å². The number of phenolic OH excluding ortho intramolecular Hbond substituents is 3. The van der Waals surface area contributed by atoms with Crippen molar-refractivity contribution in [2.24, 2.45) is 22.9 Å². The Kier molecular flexibility index (Phi) is 13.6. The zero-order chi connectivity index (χ0) is 44.6. The number of nitrogens with one attached hydrogen (secondary N) is 1. The number of aliphatic hydroxyl groups excluding tert-OH is 2. The largest absolute Gasteiger partial charge is 0.507 e. The molecule has 4 heterocycles. The number of anilines is 1. The maximum absolute atomic E-state index is 14.4. The van der Waals surface area contributed by atoms with Crippen LogP contribution in [0.4, 0.5) is 5.69 Å². The fourth-order valence-corrected chi connectivity index (χ4v) is 7.96. The Balaban J connectivity index is 1.72. The number of amides is 1. The number of aliphatic hydroxyl groups is 3. The van der Waals surface area contributed by atoms with Gasteiger partial charge < -0.3 is 59.8 Å². The van der Waals surface area contributed by atoms with Crippen molar-refractivity contribution in [1.82, 2.24) is 9.91 Å². The van der Waals surface area contributed by atoms with Crippen LogP contribution in [0.15, 0.2) is 41.2 Å². The summed E-state index contributed by atoms with van der Waals surface area (Å²) in [7, 11) is 3.37. The molecule has 0 aromatic heterocycles. The number of nitrogens with zero attached hydrogens (tertiary/aromatic N) is 3. The standard InChI is InChI=1S/C43H58N4O13/c1-21-12-11-14-42(7,56)39(53)25(5)33(49)23(3)37(59-26(6)48)22(2)28(57-10)13-19-58-43(8)40(54)31-29-30(34(50)24(4)38(31)60-43)36(52)32(45-41(21)55)27(35(29)51)20-44-47-17-15-46(9)16-18-47/h11-14,19-20,22-23,25,28,33,37,39,49-53,56H,15-18H2,1-10H3,(H,45,55)/b14-11+,19-13+,21-12-,44-20+/t22-,23-,25+,28+,33+,37-,39-,42?,43+/m1/s1. The van der Waals surface area contributed by atoms with Crippen LogP contribution >= 0.6 is 0 Å². The first kappa shape index (κ1) is 45.9. The van der Waals surface area contributed by atoms with Crippen molar-refractivity contribution in [3.8, 4) is 23.0 Å². The number of hydrazone groups is 1. The Morgan fingerprint density at radius 1 is 0.983 bits per heavy atom. The predicted octanol–water partition coefficient (Wildman–Crippen LogP) is 3.45. The molecule has 6 rings (SSSR count). The van der Waals surface area contributed by atoms with Crippen LogP contribution in [0.1, 0.15) is 70.0 Å². The first-order valence-electron chi connectivity index (χ1n) is 19.8. The molecule has 1 saturated heterocycles. The highest BCUT2D eigenvalue weighted by Crippen LogP contribution is 2.55. The lowest BCUT2D eigenvalue weighted by Crippen LogP contribution is -2.50. The maximum Gasteiger partial charge on any atom is 0.312 e. The highest BCUT2D eigenvalue weighted by molar-refractivity contribution is 6.23. The lowest BCUT2D eigenvalue weighted by molar-refractivity contribution is -0.162. The number of benzene rings is 2. The van der Waals surface area contributed by atoms with Gasteiger partial charge in [-0.1, -0.05) is 39.0 Å². The predicted molar refractivity (Wildman–Crippen MR) is 222 cm³/mol. The summed E-state index contributed by atoms with van der Waals surface area (Å²) in [5.74, 6) is -8.64. The second-order valence-corrected chi connectivity index (χ2v) is 16.4. The molecule has 2 aromatic carbocycles. The van der Waals surface area contributed by atoms with Gasteiger partial charge in [0.05, 0.1) is 53.0 Å². The van der Waals surface area contributed by atoms with Crippen LogP contribution in [0.3, 0.4) is 0 Å². The number of esters is 1. The molecule has 4 aliphatic heterocycles. The molecule has 9 atom stereocenters. The molecule has 0 spiro atoms. The van der Waals surface area contributed by atoms with E-state index in [0.717, 1.165) is 0 Å². The zero-order valence-corrected chi connectivity index (χ0v) is 35.7. The molecule has 17 nitrogen and oxygen atoms in total. The molecule has 60 heavy (non-hydrogen) atoms. The Hall–Kier alpha value is -5.20. The van der Waals surface area contributed by atoms with Crippen molar-refractivity contribution in [1.29, 1.82) is 0 Å². The van der Waals surface area contributed by atoms with Gasteiger partial charge in [0.1, 0.15) is 29.0 Å². The van der Waals surface area contributed by atoms with Crippen molar-refractivity contribution in [2.75, 3.05) is 45.7 Å². The van der Waals surface area contributed by atoms with E-state index < -0.39 is 88.5 Å². The highest BCUT2D eigenvalue weighted by atomic mass is 16.7. The van der Waals surface area contributed by atoms with E-state index in [1.165, 1.54) is 85.4 Å². The van der Waals surface area contributed by atoms with Crippen LogP contribution in [-0.4, -0.2) is 141 Å². The number of fused-ring (bicyclic) bond motifs is 14. The summed E-state index contributed by atoms with van der Waals surface area (Å²) < 4.78 is 23.5. The number of phenols is 3. The summed E-state index contributed by atoms with van der Waals surface area (Å²) in [6.45, 7) is 14.1. The number of hydrogen-bond acceptors (Lipinski definition) is 16. The number of Topliss-reactive ketones (excluding diaryl/α,β-unsaturated/α-hetero) is 1. The van der Waals surface area contributed by atoms with Crippen LogP contribution in [0.5, 0.6) is 23.0 Å². The molecular weight excluding hydrogens is 780 g/mol. The normalized spacial score (nSPS) is 33.0. The van der Waals surface area contributed by atoms with E-state index in [1.54, 1.807) is 18.9 Å². The fourth-order valence-electron chi connectivity index (χ4n) is 7.96. The van der Waals surface area contributed by atoms with Gasteiger partial charge in [0.2, 0.25) is 0 Å². The lowest BCUT2D eigenvalue weighted by Gasteiger charge is -2.39. The average Bonchev–Trinajstić information content (AvgIpc) is 3.46. The van der Waals surface area contributed by atoms with Gasteiger partial charge in [0.15, 0.2) is 5.75 Å². The summed E-state index contributed by atoms with van der Waals surface area (Å²) in [6, 6.07) is 0. The summed E-state index contributed by atoms with van der Waals surface area (Å²) >= 11 is 0. The summed E-state index contributed by atoms with van der Waals surface area (Å²) in [6.07, 6.45) is 3.11. The van der Waals surface area contributed by atoms with Crippen LogP contribution in [0.25, 0.3) is 10.8 Å². The second kappa shape index (κ2) is 17.8. The topological polar surface area (TPSA) is 240 Å². The van der Waals surface area contributed by atoms with Crippen LogP contribution in [0, 0.1) is 24.7 Å². The van der Waals surface area contributed by atoms with Crippen molar-refractivity contribution < 1.29 is 64.0 Å². The number of methoxy groups -OCH3 is 1. The number of allylic oxidation sites excluding steroid dienone is 2. The number of likely N-dealkylation sites (N-methyl/N-ethyl adjacent to an activating group) is 1. The summed E-state index contributed by atoms with van der Waals surface area (Å²) in [4.78, 5) is 42.6. The van der Waals surface area contributed by atoms with Gasteiger partial charge in [-0.3, -0.25) is 19.4 Å². The third kappa shape index (κ3) is 8.81. The minimum absolute atomic E-state index is 0.0309. The average molecular weight is 839 g/mol. The third-order valence-corrected chi connectivity index (χ3v) is 11.9. The molecule has 0 radical (unpaired) electrons. The van der Waals surface area contributed by atoms with Gasteiger partial charge >= 0.3 is 11.8 Å². The Morgan fingerprint density at radius 2 is 1.63 bits per heavy atom. The molecule has 0 aliphatic carbocycles. The van der Waals surface area contributed by atoms with Crippen LogP contribution in [0.2, 0.25) is 0 Å². The first-order chi connectivity index (χ1) is 28.1. The quantitative estimate of drug-likeness (QED) is 0.101. The molecule has 2 aromatic rings. The Morgan fingerprint density at radius 3 is 2.25 bits per heavy atom. The van der Waals surface area contributed by atoms with Gasteiger partial charge in [0, 0.05) is 81.4 Å². The molecule has 17 heteroatoms. The number of carbonyl (C=O) groups excluding carboxylic acids is 3. The molecule has 328 valence electrons. The number of ether oxygens (including phenoxy) is 4. The van der Waals surface area contributed by atoms with Gasteiger partial charge in [-0.05, 0) is 33.9 Å². The van der Waals surface area contributed by atoms with E-state index in [-0.39, 0.29) is 44.5 Å². The number of hydrogen-bond donors (Lipinski definition) is 7. The van der Waals surface area contributed by atoms with E-state index in [2.05, 4.69) is 15.3 Å². The van der Waals surface area contributed by atoms with Crippen LogP contribution in [-0.2, 0) is 23.8 Å². The van der Waals surface area contributed by atoms with Gasteiger partial charge in [-0.2, -0.15) is 5.10 Å². The third-order valence-electron chi connectivity index (χ3n) is 11.9. The minimum Gasteiger partial charge on any atom is -0.507 e. The molecule has 1 unspecified atom stereocenters. The molecule has 7 N–H and O–H groups in total. The van der Waals surface area contributed by atoms with E-state index in [9.17, 15) is 45.0 Å². The van der Waals surface area contributed by atoms with E-state index >= 15 is 0 Å². The first-order valence-corrected chi connectivity index (χ1v) is 19.8. The van der Waals surface area contributed by atoms with Crippen molar-refractivity contribution in [3.63, 3.8) is 0 Å². The van der Waals surface area contributed by atoms with Crippen molar-refractivity contribution in [3.05, 3.63) is 52.8 Å². The number of carbonyl (C=O) groups is 3. The maximum atomic E-state index is 14.4. The second-order valence-electron chi connectivity index (χ2n) is 16.4. The smallest absolute Gasteiger partial charge is 0.312 e. The number of ketones is 1. The fraction of sp³-hybridized carbons (Fsp3) is 0.535. The molecular formula is C43H58N4O13. The number of rotatable bonds is 4. The summed E-state index contributed by atoms with van der Waals surface area (Å²) in [5.41, 5.74) is -2.54.